The van der Waals surface area contributed by atoms with Crippen molar-refractivity contribution < 1.29 is 28.6 Å². The quantitative estimate of drug-likeness (QED) is 0.359. The molecule has 2 aromatic carbocycles. The molecule has 0 saturated carbocycles. The van der Waals surface area contributed by atoms with Crippen LogP contribution in [0.15, 0.2) is 70.9 Å². The number of likely N-dealkylation sites (tertiary alicyclic amines) is 1. The van der Waals surface area contributed by atoms with Crippen molar-refractivity contribution >= 4 is 17.4 Å². The van der Waals surface area contributed by atoms with Crippen molar-refractivity contribution in [2.75, 3.05) is 7.11 Å². The largest absolute Gasteiger partial charge is 0.507 e. The number of amides is 1. The molecule has 3 heterocycles. The van der Waals surface area contributed by atoms with Crippen molar-refractivity contribution in [1.82, 2.24) is 4.90 Å². The molecule has 7 heteroatoms. The molecule has 5 rings (SSSR count). The third kappa shape index (κ3) is 3.65. The van der Waals surface area contributed by atoms with Gasteiger partial charge in [0.25, 0.3) is 11.7 Å². The lowest BCUT2D eigenvalue weighted by atomic mass is 9.97. The number of fused-ring (bicyclic) bond motifs is 1. The third-order valence-electron chi connectivity index (χ3n) is 6.03. The van der Waals surface area contributed by atoms with Gasteiger partial charge in [-0.25, -0.2) is 0 Å². The second kappa shape index (κ2) is 8.16. The predicted octanol–water partition coefficient (Wildman–Crippen LogP) is 4.23. The van der Waals surface area contributed by atoms with Crippen molar-refractivity contribution in [1.29, 1.82) is 0 Å². The van der Waals surface area contributed by atoms with Crippen LogP contribution >= 0.6 is 0 Å². The molecule has 2 atom stereocenters. The molecule has 7 nitrogen and oxygen atoms in total. The SMILES string of the molecule is COc1ccc(CN2C(=O)C(=O)/C(=C(\O)c3ccc4c(c3)CC(C)O4)C2c2ccco2)cc1. The number of ketones is 1. The van der Waals surface area contributed by atoms with Gasteiger partial charge >= 0.3 is 0 Å². The molecule has 0 spiro atoms. The van der Waals surface area contributed by atoms with Crippen molar-refractivity contribution in [3.63, 3.8) is 0 Å². The van der Waals surface area contributed by atoms with Crippen molar-refractivity contribution in [2.24, 2.45) is 0 Å². The Bertz CT molecular complexity index is 1240. The van der Waals surface area contributed by atoms with Gasteiger partial charge in [-0.1, -0.05) is 12.1 Å². The number of benzene rings is 2. The van der Waals surface area contributed by atoms with Crippen LogP contribution in [0.25, 0.3) is 5.76 Å². The first-order valence-electron chi connectivity index (χ1n) is 10.7. The Morgan fingerprint density at radius 3 is 2.64 bits per heavy atom. The molecule has 2 aliphatic heterocycles. The smallest absolute Gasteiger partial charge is 0.296 e. The minimum Gasteiger partial charge on any atom is -0.507 e. The summed E-state index contributed by atoms with van der Waals surface area (Å²) in [5, 5.41) is 11.2. The minimum absolute atomic E-state index is 0.00961. The third-order valence-corrected chi connectivity index (χ3v) is 6.03. The van der Waals surface area contributed by atoms with E-state index in [0.29, 0.717) is 23.5 Å². The summed E-state index contributed by atoms with van der Waals surface area (Å²) in [4.78, 5) is 27.6. The Balaban J connectivity index is 1.57. The molecule has 1 fully saturated rings. The average Bonchev–Trinajstić information content (AvgIpc) is 3.53. The van der Waals surface area contributed by atoms with E-state index in [-0.39, 0.29) is 24.0 Å². The van der Waals surface area contributed by atoms with E-state index in [0.717, 1.165) is 16.9 Å². The van der Waals surface area contributed by atoms with E-state index >= 15 is 0 Å². The van der Waals surface area contributed by atoms with E-state index < -0.39 is 17.7 Å². The van der Waals surface area contributed by atoms with Crippen LogP contribution in [0.2, 0.25) is 0 Å². The zero-order valence-corrected chi connectivity index (χ0v) is 18.3. The molecule has 1 aromatic heterocycles. The molecule has 33 heavy (non-hydrogen) atoms. The highest BCUT2D eigenvalue weighted by atomic mass is 16.5. The lowest BCUT2D eigenvalue weighted by molar-refractivity contribution is -0.140. The van der Waals surface area contributed by atoms with Gasteiger partial charge in [-0.15, -0.1) is 0 Å². The van der Waals surface area contributed by atoms with Crippen LogP contribution in [-0.4, -0.2) is 34.9 Å². The molecular formula is C26H23NO6. The maximum atomic E-state index is 13.1. The van der Waals surface area contributed by atoms with Gasteiger partial charge in [0.05, 0.1) is 18.9 Å². The van der Waals surface area contributed by atoms with Crippen LogP contribution in [0, 0.1) is 0 Å². The van der Waals surface area contributed by atoms with Crippen LogP contribution in [0.4, 0.5) is 0 Å². The van der Waals surface area contributed by atoms with Gasteiger partial charge in [-0.05, 0) is 60.5 Å². The molecule has 1 saturated heterocycles. The van der Waals surface area contributed by atoms with Crippen LogP contribution in [0.3, 0.4) is 0 Å². The fourth-order valence-corrected chi connectivity index (χ4v) is 4.44. The van der Waals surface area contributed by atoms with Gasteiger partial charge in [-0.2, -0.15) is 0 Å². The number of aliphatic hydroxyl groups excluding tert-OH is 1. The molecule has 0 bridgehead atoms. The molecule has 0 radical (unpaired) electrons. The standard InChI is InChI=1S/C26H23NO6/c1-15-12-18-13-17(7-10-20(18)33-15)24(28)22-23(21-4-3-11-32-21)27(26(30)25(22)29)14-16-5-8-19(31-2)9-6-16/h3-11,13,15,23,28H,12,14H2,1-2H3/b24-22-. The summed E-state index contributed by atoms with van der Waals surface area (Å²) in [5.41, 5.74) is 2.24. The first kappa shape index (κ1) is 20.9. The summed E-state index contributed by atoms with van der Waals surface area (Å²) in [6.45, 7) is 2.15. The predicted molar refractivity (Wildman–Crippen MR) is 120 cm³/mol. The van der Waals surface area contributed by atoms with Crippen LogP contribution < -0.4 is 9.47 Å². The summed E-state index contributed by atoms with van der Waals surface area (Å²) in [7, 11) is 1.58. The number of methoxy groups -OCH3 is 1. The number of carbonyl (C=O) groups is 2. The van der Waals surface area contributed by atoms with Gasteiger partial charge in [-0.3, -0.25) is 9.59 Å². The molecule has 168 valence electrons. The van der Waals surface area contributed by atoms with Gasteiger partial charge in [0.2, 0.25) is 0 Å². The summed E-state index contributed by atoms with van der Waals surface area (Å²) < 4.78 is 16.5. The summed E-state index contributed by atoms with van der Waals surface area (Å²) >= 11 is 0. The second-order valence-corrected chi connectivity index (χ2v) is 8.25. The number of hydrogen-bond acceptors (Lipinski definition) is 6. The molecule has 1 N–H and O–H groups in total. The second-order valence-electron chi connectivity index (χ2n) is 8.25. The Hall–Kier alpha value is -4.00. The summed E-state index contributed by atoms with van der Waals surface area (Å²) in [6.07, 6.45) is 2.25. The average molecular weight is 445 g/mol. The number of carbonyl (C=O) groups excluding carboxylic acids is 2. The van der Waals surface area contributed by atoms with Gasteiger partial charge in [0, 0.05) is 18.5 Å². The Morgan fingerprint density at radius 2 is 1.94 bits per heavy atom. The fourth-order valence-electron chi connectivity index (χ4n) is 4.44. The highest BCUT2D eigenvalue weighted by Gasteiger charge is 2.47. The van der Waals surface area contributed by atoms with Crippen molar-refractivity contribution in [2.45, 2.75) is 32.0 Å². The number of Topliss-reactive ketones (excluding diaryl/α,β-unsaturated/α-hetero) is 1. The molecule has 1 amide bonds. The normalized spacial score (nSPS) is 21.2. The topological polar surface area (TPSA) is 89.2 Å². The molecule has 3 aromatic rings. The number of hydrogen-bond donors (Lipinski definition) is 1. The Morgan fingerprint density at radius 1 is 1.15 bits per heavy atom. The van der Waals surface area contributed by atoms with E-state index in [2.05, 4.69) is 0 Å². The van der Waals surface area contributed by atoms with Crippen molar-refractivity contribution in [3.05, 3.63) is 88.9 Å². The molecular weight excluding hydrogens is 422 g/mol. The maximum Gasteiger partial charge on any atom is 0.296 e. The number of rotatable bonds is 5. The fraction of sp³-hybridized carbons (Fsp3) is 0.231. The lowest BCUT2D eigenvalue weighted by Crippen LogP contribution is -2.29. The van der Waals surface area contributed by atoms with Crippen LogP contribution in [0.5, 0.6) is 11.5 Å². The van der Waals surface area contributed by atoms with Crippen molar-refractivity contribution in [3.8, 4) is 11.5 Å². The summed E-state index contributed by atoms with van der Waals surface area (Å²) in [5.74, 6) is 0.205. The highest BCUT2D eigenvalue weighted by molar-refractivity contribution is 6.46. The molecule has 0 aliphatic carbocycles. The van der Waals surface area contributed by atoms with E-state index in [1.807, 2.05) is 25.1 Å². The minimum atomic E-state index is -0.842. The highest BCUT2D eigenvalue weighted by Crippen LogP contribution is 2.41. The molecule has 2 aliphatic rings. The number of furan rings is 1. The van der Waals surface area contributed by atoms with E-state index in [4.69, 9.17) is 13.9 Å². The van der Waals surface area contributed by atoms with E-state index in [1.54, 1.807) is 43.5 Å². The first-order valence-corrected chi connectivity index (χ1v) is 10.7. The zero-order chi connectivity index (χ0) is 23.1. The Labute approximate surface area is 190 Å². The van der Waals surface area contributed by atoms with Crippen LogP contribution in [-0.2, 0) is 22.6 Å². The maximum absolute atomic E-state index is 13.1. The number of ether oxygens (including phenoxy) is 2. The van der Waals surface area contributed by atoms with Gasteiger partial charge in [0.15, 0.2) is 0 Å². The first-order chi connectivity index (χ1) is 16.0. The number of nitrogens with zero attached hydrogens (tertiary/aromatic N) is 1. The Kier molecular flexibility index (Phi) is 5.17. The lowest BCUT2D eigenvalue weighted by Gasteiger charge is -2.23. The van der Waals surface area contributed by atoms with E-state index in [1.165, 1.54) is 11.2 Å². The van der Waals surface area contributed by atoms with Gasteiger partial charge in [0.1, 0.15) is 35.2 Å². The number of aliphatic hydroxyl groups is 1. The van der Waals surface area contributed by atoms with E-state index in [9.17, 15) is 14.7 Å². The van der Waals surface area contributed by atoms with Gasteiger partial charge < -0.3 is 23.9 Å². The summed E-state index contributed by atoms with van der Waals surface area (Å²) in [6, 6.07) is 15.1. The zero-order valence-electron chi connectivity index (χ0n) is 18.3. The van der Waals surface area contributed by atoms with Crippen LogP contribution in [0.1, 0.15) is 35.4 Å². The monoisotopic (exact) mass is 445 g/mol. The molecule has 2 unspecified atom stereocenters.